The molecule has 4 heteroatoms. The summed E-state index contributed by atoms with van der Waals surface area (Å²) >= 11 is 0. The second kappa shape index (κ2) is 7.79. The van der Waals surface area contributed by atoms with Crippen LogP contribution in [0.2, 0.25) is 0 Å². The molecule has 0 saturated heterocycles. The Labute approximate surface area is 113 Å². The Hall–Kier alpha value is -2.46. The van der Waals surface area contributed by atoms with E-state index < -0.39 is 6.04 Å². The summed E-state index contributed by atoms with van der Waals surface area (Å²) in [7, 11) is 0. The molecule has 1 rings (SSSR count). The molecule has 19 heavy (non-hydrogen) atoms. The Bertz CT molecular complexity index is 494. The summed E-state index contributed by atoms with van der Waals surface area (Å²) < 4.78 is 5.21. The number of hydrogen-bond acceptors (Lipinski definition) is 3. The Kier molecular flexibility index (Phi) is 5.98. The van der Waals surface area contributed by atoms with Gasteiger partial charge < -0.3 is 10.1 Å². The van der Waals surface area contributed by atoms with Gasteiger partial charge in [0.15, 0.2) is 0 Å². The SMILES string of the molecule is C#CCOc1ccc(C(=O)N[C@H](C#N)CCC)cc1. The van der Waals surface area contributed by atoms with E-state index in [1.807, 2.05) is 6.92 Å². The second-order valence-electron chi connectivity index (χ2n) is 3.96. The summed E-state index contributed by atoms with van der Waals surface area (Å²) in [6.07, 6.45) is 6.57. The summed E-state index contributed by atoms with van der Waals surface area (Å²) in [4.78, 5) is 11.9. The lowest BCUT2D eigenvalue weighted by atomic mass is 10.1. The van der Waals surface area contributed by atoms with E-state index in [0.29, 0.717) is 17.7 Å². The van der Waals surface area contributed by atoms with Crippen molar-refractivity contribution in [2.45, 2.75) is 25.8 Å². The van der Waals surface area contributed by atoms with Crippen molar-refractivity contribution in [3.63, 3.8) is 0 Å². The van der Waals surface area contributed by atoms with Crippen LogP contribution in [0.1, 0.15) is 30.1 Å². The number of amides is 1. The zero-order valence-corrected chi connectivity index (χ0v) is 10.8. The van der Waals surface area contributed by atoms with E-state index in [-0.39, 0.29) is 12.5 Å². The smallest absolute Gasteiger partial charge is 0.252 e. The molecule has 0 aromatic heterocycles. The summed E-state index contributed by atoms with van der Waals surface area (Å²) in [5.74, 6) is 2.71. The summed E-state index contributed by atoms with van der Waals surface area (Å²) in [5.41, 5.74) is 0.490. The first-order valence-corrected chi connectivity index (χ1v) is 6.08. The molecule has 1 N–H and O–H groups in total. The first kappa shape index (κ1) is 14.6. The molecule has 0 unspecified atom stereocenters. The number of nitrogens with one attached hydrogen (secondary N) is 1. The van der Waals surface area contributed by atoms with E-state index in [0.717, 1.165) is 6.42 Å². The van der Waals surface area contributed by atoms with E-state index >= 15 is 0 Å². The molecular weight excluding hydrogens is 240 g/mol. The quantitative estimate of drug-likeness (QED) is 0.793. The minimum Gasteiger partial charge on any atom is -0.481 e. The highest BCUT2D eigenvalue weighted by Gasteiger charge is 2.12. The number of nitriles is 1. The van der Waals surface area contributed by atoms with E-state index in [1.54, 1.807) is 24.3 Å². The Morgan fingerprint density at radius 1 is 1.47 bits per heavy atom. The monoisotopic (exact) mass is 256 g/mol. The molecule has 98 valence electrons. The minimum atomic E-state index is -0.449. The van der Waals surface area contributed by atoms with Crippen LogP contribution in [0.15, 0.2) is 24.3 Å². The molecule has 0 spiro atoms. The molecule has 0 aliphatic heterocycles. The lowest BCUT2D eigenvalue weighted by molar-refractivity contribution is 0.0944. The van der Waals surface area contributed by atoms with Crippen LogP contribution in [0.5, 0.6) is 5.75 Å². The lowest BCUT2D eigenvalue weighted by Gasteiger charge is -2.10. The Morgan fingerprint density at radius 2 is 2.16 bits per heavy atom. The molecular formula is C15H16N2O2. The third-order valence-corrected chi connectivity index (χ3v) is 2.48. The average Bonchev–Trinajstić information content (AvgIpc) is 2.45. The van der Waals surface area contributed by atoms with Crippen LogP contribution in [0, 0.1) is 23.7 Å². The van der Waals surface area contributed by atoms with Crippen molar-refractivity contribution in [3.05, 3.63) is 29.8 Å². The second-order valence-corrected chi connectivity index (χ2v) is 3.96. The fraction of sp³-hybridized carbons (Fsp3) is 0.333. The third-order valence-electron chi connectivity index (χ3n) is 2.48. The Balaban J connectivity index is 2.63. The molecule has 4 nitrogen and oxygen atoms in total. The van der Waals surface area contributed by atoms with Crippen molar-refractivity contribution >= 4 is 5.91 Å². The maximum absolute atomic E-state index is 11.9. The molecule has 1 aromatic carbocycles. The number of carbonyl (C=O) groups excluding carboxylic acids is 1. The highest BCUT2D eigenvalue weighted by atomic mass is 16.5. The number of hydrogen-bond donors (Lipinski definition) is 1. The van der Waals surface area contributed by atoms with Gasteiger partial charge in [-0.15, -0.1) is 6.42 Å². The van der Waals surface area contributed by atoms with Gasteiger partial charge in [0.25, 0.3) is 5.91 Å². The van der Waals surface area contributed by atoms with Gasteiger partial charge in [-0.2, -0.15) is 5.26 Å². The maximum Gasteiger partial charge on any atom is 0.252 e. The first-order valence-electron chi connectivity index (χ1n) is 6.08. The van der Waals surface area contributed by atoms with Crippen molar-refractivity contribution in [3.8, 4) is 24.2 Å². The van der Waals surface area contributed by atoms with Gasteiger partial charge in [0.2, 0.25) is 0 Å². The van der Waals surface area contributed by atoms with Gasteiger partial charge in [-0.05, 0) is 30.7 Å². The van der Waals surface area contributed by atoms with E-state index in [1.165, 1.54) is 0 Å². The minimum absolute atomic E-state index is 0.193. The van der Waals surface area contributed by atoms with Crippen LogP contribution in [0.3, 0.4) is 0 Å². The molecule has 0 aliphatic carbocycles. The number of carbonyl (C=O) groups is 1. The number of benzene rings is 1. The summed E-state index contributed by atoms with van der Waals surface area (Å²) in [5, 5.41) is 11.6. The van der Waals surface area contributed by atoms with Gasteiger partial charge in [-0.3, -0.25) is 4.79 Å². The van der Waals surface area contributed by atoms with Gasteiger partial charge in [0, 0.05) is 5.56 Å². The largest absolute Gasteiger partial charge is 0.481 e. The molecule has 0 aliphatic rings. The number of terminal acetylenes is 1. The zero-order chi connectivity index (χ0) is 14.1. The van der Waals surface area contributed by atoms with Crippen LogP contribution in [0.25, 0.3) is 0 Å². The van der Waals surface area contributed by atoms with Gasteiger partial charge in [0.1, 0.15) is 18.4 Å². The van der Waals surface area contributed by atoms with Crippen LogP contribution < -0.4 is 10.1 Å². The fourth-order valence-electron chi connectivity index (χ4n) is 1.53. The molecule has 1 aromatic rings. The summed E-state index contributed by atoms with van der Waals surface area (Å²) in [6.45, 7) is 2.16. The molecule has 0 bridgehead atoms. The highest BCUT2D eigenvalue weighted by Crippen LogP contribution is 2.12. The molecule has 0 radical (unpaired) electrons. The topological polar surface area (TPSA) is 62.1 Å². The lowest BCUT2D eigenvalue weighted by Crippen LogP contribution is -2.33. The van der Waals surface area contributed by atoms with Crippen molar-refractivity contribution in [2.75, 3.05) is 6.61 Å². The van der Waals surface area contributed by atoms with E-state index in [2.05, 4.69) is 17.3 Å². The van der Waals surface area contributed by atoms with E-state index in [9.17, 15) is 4.79 Å². The molecule has 1 atom stereocenters. The van der Waals surface area contributed by atoms with Gasteiger partial charge in [0.05, 0.1) is 6.07 Å². The van der Waals surface area contributed by atoms with Crippen LogP contribution in [0.4, 0.5) is 0 Å². The summed E-state index contributed by atoms with van der Waals surface area (Å²) in [6, 6.07) is 8.24. The fourth-order valence-corrected chi connectivity index (χ4v) is 1.53. The van der Waals surface area contributed by atoms with Gasteiger partial charge in [-0.1, -0.05) is 19.3 Å². The van der Waals surface area contributed by atoms with Gasteiger partial charge in [-0.25, -0.2) is 0 Å². The van der Waals surface area contributed by atoms with Gasteiger partial charge >= 0.3 is 0 Å². The third kappa shape index (κ3) is 4.73. The van der Waals surface area contributed by atoms with Crippen LogP contribution >= 0.6 is 0 Å². The maximum atomic E-state index is 11.9. The Morgan fingerprint density at radius 3 is 2.68 bits per heavy atom. The molecule has 1 amide bonds. The molecule has 0 fully saturated rings. The zero-order valence-electron chi connectivity index (χ0n) is 10.8. The standard InChI is InChI=1S/C15H16N2O2/c1-3-5-13(11-16)17-15(18)12-6-8-14(9-7-12)19-10-4-2/h2,6-9,13H,3,5,10H2,1H3,(H,17,18)/t13-/m0/s1. The number of nitrogens with zero attached hydrogens (tertiary/aromatic N) is 1. The molecule has 0 heterocycles. The van der Waals surface area contributed by atoms with Crippen molar-refractivity contribution in [1.82, 2.24) is 5.32 Å². The first-order chi connectivity index (χ1) is 9.21. The number of ether oxygens (including phenoxy) is 1. The van der Waals surface area contributed by atoms with Crippen LogP contribution in [-0.4, -0.2) is 18.6 Å². The number of rotatable bonds is 6. The predicted molar refractivity (Wildman–Crippen MR) is 72.5 cm³/mol. The van der Waals surface area contributed by atoms with Crippen molar-refractivity contribution in [2.24, 2.45) is 0 Å². The van der Waals surface area contributed by atoms with E-state index in [4.69, 9.17) is 16.4 Å². The normalized spacial score (nSPS) is 10.9. The van der Waals surface area contributed by atoms with Crippen LogP contribution in [-0.2, 0) is 0 Å². The predicted octanol–water partition coefficient (Wildman–Crippen LogP) is 2.12. The van der Waals surface area contributed by atoms with Crippen molar-refractivity contribution in [1.29, 1.82) is 5.26 Å². The highest BCUT2D eigenvalue weighted by molar-refractivity contribution is 5.94. The average molecular weight is 256 g/mol. The van der Waals surface area contributed by atoms with Crippen molar-refractivity contribution < 1.29 is 9.53 Å². The molecule has 0 saturated carbocycles.